The van der Waals surface area contributed by atoms with Crippen LogP contribution in [0, 0.1) is 21.4 Å². The second kappa shape index (κ2) is 4.95. The Morgan fingerprint density at radius 1 is 1.48 bits per heavy atom. The number of nitro benzene ring substituents is 1. The maximum atomic E-state index is 12.0. The van der Waals surface area contributed by atoms with E-state index >= 15 is 0 Å². The van der Waals surface area contributed by atoms with Gasteiger partial charge in [0.25, 0.3) is 5.69 Å². The monoisotopic (exact) mass is 287 g/mol. The molecule has 2 fully saturated rings. The molecule has 0 aromatic heterocycles. The first kappa shape index (κ1) is 13.7. The lowest BCUT2D eigenvalue weighted by Crippen LogP contribution is -2.26. The molecule has 1 spiro atoms. The van der Waals surface area contributed by atoms with E-state index in [0.717, 1.165) is 19.3 Å². The number of non-ortho nitro benzene ring substituents is 1. The predicted octanol–water partition coefficient (Wildman–Crippen LogP) is 2.63. The molecule has 0 bridgehead atoms. The summed E-state index contributed by atoms with van der Waals surface area (Å²) in [7, 11) is 0. The molecule has 0 unspecified atom stereocenters. The van der Waals surface area contributed by atoms with E-state index in [1.54, 1.807) is 19.1 Å². The smallest absolute Gasteiger partial charge is 0.270 e. The lowest BCUT2D eigenvalue weighted by Gasteiger charge is -2.25. The molecule has 0 saturated heterocycles. The molecule has 0 heterocycles. The first-order valence-electron chi connectivity index (χ1n) is 7.11. The van der Waals surface area contributed by atoms with Crippen LogP contribution in [0.1, 0.15) is 38.2 Å². The molecule has 0 radical (unpaired) electrons. The van der Waals surface area contributed by atoms with Crippen molar-refractivity contribution < 1.29 is 9.72 Å². The van der Waals surface area contributed by atoms with Crippen molar-refractivity contribution >= 4 is 17.3 Å². The highest BCUT2D eigenvalue weighted by atomic mass is 16.6. The van der Waals surface area contributed by atoms with Crippen molar-refractivity contribution in [2.24, 2.45) is 16.4 Å². The maximum Gasteiger partial charge on any atom is 0.270 e. The third-order valence-corrected chi connectivity index (χ3v) is 4.66. The van der Waals surface area contributed by atoms with Gasteiger partial charge in [-0.2, -0.15) is 5.10 Å². The van der Waals surface area contributed by atoms with Crippen LogP contribution in [-0.4, -0.2) is 16.5 Å². The van der Waals surface area contributed by atoms with Crippen molar-refractivity contribution in [1.82, 2.24) is 5.43 Å². The topological polar surface area (TPSA) is 84.6 Å². The number of amides is 1. The molecule has 6 heteroatoms. The number of carbonyl (C=O) groups is 1. The zero-order valence-electron chi connectivity index (χ0n) is 11.8. The van der Waals surface area contributed by atoms with Gasteiger partial charge >= 0.3 is 0 Å². The number of hydrogen-bond donors (Lipinski definition) is 1. The van der Waals surface area contributed by atoms with Crippen LogP contribution < -0.4 is 5.43 Å². The van der Waals surface area contributed by atoms with E-state index < -0.39 is 4.92 Å². The summed E-state index contributed by atoms with van der Waals surface area (Å²) in [6.45, 7) is 1.73. The standard InChI is InChI=1S/C15H17N3O3/c1-10(11-4-2-5-12(8-11)18(20)21)16-17-14(19)13-9-15(13)6-3-7-15/h2,4-5,8,13H,3,6-7,9H2,1H3,(H,17,19)/t13-/m1/s1. The van der Waals surface area contributed by atoms with Crippen LogP contribution in [0.2, 0.25) is 0 Å². The van der Waals surface area contributed by atoms with Gasteiger partial charge in [-0.3, -0.25) is 14.9 Å². The minimum Gasteiger partial charge on any atom is -0.273 e. The third-order valence-electron chi connectivity index (χ3n) is 4.66. The van der Waals surface area contributed by atoms with Crippen LogP contribution in [0.25, 0.3) is 0 Å². The number of nitrogens with zero attached hydrogens (tertiary/aromatic N) is 2. The van der Waals surface area contributed by atoms with Crippen molar-refractivity contribution in [2.45, 2.75) is 32.6 Å². The Kier molecular flexibility index (Phi) is 3.23. The largest absolute Gasteiger partial charge is 0.273 e. The molecule has 1 atom stereocenters. The number of hydrazone groups is 1. The van der Waals surface area contributed by atoms with Crippen LogP contribution in [0.5, 0.6) is 0 Å². The first-order valence-corrected chi connectivity index (χ1v) is 7.11. The summed E-state index contributed by atoms with van der Waals surface area (Å²) < 4.78 is 0. The molecule has 6 nitrogen and oxygen atoms in total. The fourth-order valence-electron chi connectivity index (χ4n) is 3.03. The van der Waals surface area contributed by atoms with Gasteiger partial charge in [-0.1, -0.05) is 18.6 Å². The zero-order valence-corrected chi connectivity index (χ0v) is 11.8. The van der Waals surface area contributed by atoms with Gasteiger partial charge in [0.1, 0.15) is 0 Å². The Bertz CT molecular complexity index is 635. The van der Waals surface area contributed by atoms with Crippen LogP contribution in [-0.2, 0) is 4.79 Å². The number of nitrogens with one attached hydrogen (secondary N) is 1. The quantitative estimate of drug-likeness (QED) is 0.525. The van der Waals surface area contributed by atoms with E-state index in [1.807, 2.05) is 0 Å². The molecular weight excluding hydrogens is 270 g/mol. The van der Waals surface area contributed by atoms with E-state index in [2.05, 4.69) is 10.5 Å². The third kappa shape index (κ3) is 2.53. The summed E-state index contributed by atoms with van der Waals surface area (Å²) >= 11 is 0. The highest BCUT2D eigenvalue weighted by Crippen LogP contribution is 2.65. The number of carbonyl (C=O) groups excluding carboxylic acids is 1. The fraction of sp³-hybridized carbons (Fsp3) is 0.467. The molecule has 0 aliphatic heterocycles. The summed E-state index contributed by atoms with van der Waals surface area (Å²) in [5, 5.41) is 14.8. The first-order chi connectivity index (χ1) is 10.0. The maximum absolute atomic E-state index is 12.0. The average Bonchev–Trinajstić information content (AvgIpc) is 3.20. The summed E-state index contributed by atoms with van der Waals surface area (Å²) in [5.41, 5.74) is 4.09. The number of nitro groups is 1. The lowest BCUT2D eigenvalue weighted by molar-refractivity contribution is -0.384. The minimum absolute atomic E-state index is 0.0176. The number of benzene rings is 1. The number of rotatable bonds is 4. The summed E-state index contributed by atoms with van der Waals surface area (Å²) in [5.74, 6) is 0.0763. The van der Waals surface area contributed by atoms with Gasteiger partial charge in [-0.05, 0) is 31.6 Å². The van der Waals surface area contributed by atoms with Crippen molar-refractivity contribution in [3.63, 3.8) is 0 Å². The molecule has 2 aliphatic rings. The van der Waals surface area contributed by atoms with Gasteiger partial charge < -0.3 is 0 Å². The van der Waals surface area contributed by atoms with Crippen molar-refractivity contribution in [3.05, 3.63) is 39.9 Å². The van der Waals surface area contributed by atoms with Gasteiger partial charge in [-0.15, -0.1) is 0 Å². The van der Waals surface area contributed by atoms with E-state index in [9.17, 15) is 14.9 Å². The molecule has 1 N–H and O–H groups in total. The van der Waals surface area contributed by atoms with E-state index in [-0.39, 0.29) is 22.9 Å². The average molecular weight is 287 g/mol. The molecule has 3 rings (SSSR count). The molecule has 21 heavy (non-hydrogen) atoms. The predicted molar refractivity (Wildman–Crippen MR) is 77.8 cm³/mol. The van der Waals surface area contributed by atoms with Gasteiger partial charge in [-0.25, -0.2) is 5.43 Å². The highest BCUT2D eigenvalue weighted by molar-refractivity contribution is 5.99. The highest BCUT2D eigenvalue weighted by Gasteiger charge is 2.60. The molecule has 110 valence electrons. The Balaban J connectivity index is 1.64. The van der Waals surface area contributed by atoms with Crippen LogP contribution >= 0.6 is 0 Å². The van der Waals surface area contributed by atoms with Crippen LogP contribution in [0.15, 0.2) is 29.4 Å². The fourth-order valence-corrected chi connectivity index (χ4v) is 3.03. The van der Waals surface area contributed by atoms with Crippen molar-refractivity contribution in [1.29, 1.82) is 0 Å². The second-order valence-corrected chi connectivity index (χ2v) is 5.95. The van der Waals surface area contributed by atoms with Crippen LogP contribution in [0.3, 0.4) is 0 Å². The summed E-state index contributed by atoms with van der Waals surface area (Å²) in [4.78, 5) is 22.3. The molecule has 2 saturated carbocycles. The molecule has 1 amide bonds. The van der Waals surface area contributed by atoms with Gasteiger partial charge in [0.15, 0.2) is 0 Å². The van der Waals surface area contributed by atoms with Gasteiger partial charge in [0.05, 0.1) is 10.6 Å². The van der Waals surface area contributed by atoms with Gasteiger partial charge in [0, 0.05) is 23.6 Å². The SMILES string of the molecule is CC(=NNC(=O)[C@H]1CC12CCC2)c1cccc([N+](=O)[O-])c1. The van der Waals surface area contributed by atoms with Crippen molar-refractivity contribution in [3.8, 4) is 0 Å². The van der Waals surface area contributed by atoms with E-state index in [0.29, 0.717) is 11.3 Å². The molecular formula is C15H17N3O3. The van der Waals surface area contributed by atoms with E-state index in [1.165, 1.54) is 18.6 Å². The normalized spacial score (nSPS) is 22.5. The van der Waals surface area contributed by atoms with Gasteiger partial charge in [0.2, 0.25) is 5.91 Å². The Morgan fingerprint density at radius 3 is 2.81 bits per heavy atom. The zero-order chi connectivity index (χ0) is 15.0. The Hall–Kier alpha value is -2.24. The minimum atomic E-state index is -0.445. The number of hydrogen-bond acceptors (Lipinski definition) is 4. The summed E-state index contributed by atoms with van der Waals surface area (Å²) in [6, 6.07) is 6.23. The molecule has 2 aliphatic carbocycles. The molecule has 1 aromatic rings. The second-order valence-electron chi connectivity index (χ2n) is 5.95. The van der Waals surface area contributed by atoms with E-state index in [4.69, 9.17) is 0 Å². The molecule has 1 aromatic carbocycles. The van der Waals surface area contributed by atoms with Crippen molar-refractivity contribution in [2.75, 3.05) is 0 Å². The summed E-state index contributed by atoms with van der Waals surface area (Å²) in [6.07, 6.45) is 4.50. The Labute approximate surface area is 122 Å². The lowest BCUT2D eigenvalue weighted by atomic mass is 9.80. The Morgan fingerprint density at radius 2 is 2.24 bits per heavy atom. The van der Waals surface area contributed by atoms with Crippen LogP contribution in [0.4, 0.5) is 5.69 Å².